The van der Waals surface area contributed by atoms with Crippen molar-refractivity contribution in [2.45, 2.75) is 24.9 Å². The summed E-state index contributed by atoms with van der Waals surface area (Å²) in [6.07, 6.45) is -2.24. The number of rotatable bonds is 4. The molecule has 0 spiro atoms. The van der Waals surface area contributed by atoms with Gasteiger partial charge in [-0.15, -0.1) is 0 Å². The van der Waals surface area contributed by atoms with Crippen molar-refractivity contribution in [3.8, 4) is 0 Å². The molecule has 3 rings (SSSR count). The summed E-state index contributed by atoms with van der Waals surface area (Å²) in [4.78, 5) is 24.4. The maximum absolute atomic E-state index is 13.1. The van der Waals surface area contributed by atoms with Gasteiger partial charge in [0.25, 0.3) is 5.91 Å². The summed E-state index contributed by atoms with van der Waals surface area (Å²) in [6.45, 7) is 0.226. The Morgan fingerprint density at radius 2 is 1.81 bits per heavy atom. The number of aliphatic hydroxyl groups is 1. The van der Waals surface area contributed by atoms with E-state index in [0.717, 1.165) is 5.56 Å². The van der Waals surface area contributed by atoms with E-state index in [9.17, 15) is 19.1 Å². The molecule has 1 heterocycles. The molecule has 0 saturated carbocycles. The lowest BCUT2D eigenvalue weighted by molar-refractivity contribution is -0.142. The molecule has 1 saturated heterocycles. The van der Waals surface area contributed by atoms with Gasteiger partial charge in [-0.3, -0.25) is 14.9 Å². The number of hydrogen-bond donors (Lipinski definition) is 4. The average molecular weight is 378 g/mol. The van der Waals surface area contributed by atoms with E-state index in [1.54, 1.807) is 24.3 Å². The Morgan fingerprint density at radius 1 is 1.15 bits per heavy atom. The summed E-state index contributed by atoms with van der Waals surface area (Å²) in [5.74, 6) is -1.60. The van der Waals surface area contributed by atoms with Gasteiger partial charge in [-0.2, -0.15) is 0 Å². The van der Waals surface area contributed by atoms with Crippen LogP contribution < -0.4 is 16.0 Å². The van der Waals surface area contributed by atoms with Crippen molar-refractivity contribution in [3.05, 3.63) is 70.5 Å². The van der Waals surface area contributed by atoms with Crippen molar-refractivity contribution in [3.63, 3.8) is 0 Å². The molecule has 2 aromatic rings. The van der Waals surface area contributed by atoms with Crippen LogP contribution in [0.4, 0.5) is 4.39 Å². The number of carbonyl (C=O) groups excluding carboxylic acids is 2. The van der Waals surface area contributed by atoms with Crippen LogP contribution in [0.5, 0.6) is 0 Å². The first-order valence-corrected chi connectivity index (χ1v) is 8.34. The Balaban J connectivity index is 1.68. The second-order valence-electron chi connectivity index (χ2n) is 5.93. The monoisotopic (exact) mass is 377 g/mol. The van der Waals surface area contributed by atoms with Crippen molar-refractivity contribution in [2.24, 2.45) is 0 Å². The van der Waals surface area contributed by atoms with Crippen LogP contribution in [-0.4, -0.2) is 29.1 Å². The molecule has 136 valence electrons. The van der Waals surface area contributed by atoms with E-state index in [1.807, 2.05) is 0 Å². The van der Waals surface area contributed by atoms with Crippen LogP contribution in [0.3, 0.4) is 0 Å². The maximum Gasteiger partial charge on any atom is 0.252 e. The van der Waals surface area contributed by atoms with Gasteiger partial charge in [0.15, 0.2) is 6.10 Å². The molecular formula is C18H17ClFN3O3. The molecular weight excluding hydrogens is 361 g/mol. The highest BCUT2D eigenvalue weighted by Crippen LogP contribution is 2.17. The maximum atomic E-state index is 13.1. The topological polar surface area (TPSA) is 90.5 Å². The fourth-order valence-corrected chi connectivity index (χ4v) is 2.77. The summed E-state index contributed by atoms with van der Waals surface area (Å²) in [6, 6.07) is 11.3. The van der Waals surface area contributed by atoms with Gasteiger partial charge in [0, 0.05) is 11.6 Å². The first kappa shape index (κ1) is 18.3. The van der Waals surface area contributed by atoms with Gasteiger partial charge >= 0.3 is 0 Å². The lowest BCUT2D eigenvalue weighted by Crippen LogP contribution is -2.64. The second-order valence-corrected chi connectivity index (χ2v) is 6.36. The Hall–Kier alpha value is -2.48. The van der Waals surface area contributed by atoms with Crippen molar-refractivity contribution in [1.29, 1.82) is 0 Å². The van der Waals surface area contributed by atoms with E-state index < -0.39 is 35.9 Å². The molecule has 4 N–H and O–H groups in total. The zero-order valence-corrected chi connectivity index (χ0v) is 14.3. The Labute approximate surface area is 154 Å². The van der Waals surface area contributed by atoms with E-state index >= 15 is 0 Å². The van der Waals surface area contributed by atoms with Crippen LogP contribution >= 0.6 is 11.6 Å². The van der Waals surface area contributed by atoms with Gasteiger partial charge in [0.2, 0.25) is 5.91 Å². The largest absolute Gasteiger partial charge is 0.381 e. The van der Waals surface area contributed by atoms with Crippen LogP contribution in [0.15, 0.2) is 48.5 Å². The summed E-state index contributed by atoms with van der Waals surface area (Å²) in [5, 5.41) is 18.7. The minimum Gasteiger partial charge on any atom is -0.381 e. The molecule has 8 heteroatoms. The molecule has 1 fully saturated rings. The van der Waals surface area contributed by atoms with Crippen molar-refractivity contribution >= 4 is 23.4 Å². The highest BCUT2D eigenvalue weighted by atomic mass is 35.5. The molecule has 1 aliphatic heterocycles. The Morgan fingerprint density at radius 3 is 2.46 bits per heavy atom. The third kappa shape index (κ3) is 4.19. The number of benzene rings is 2. The minimum absolute atomic E-state index is 0.226. The molecule has 0 radical (unpaired) electrons. The zero-order valence-electron chi connectivity index (χ0n) is 13.6. The lowest BCUT2D eigenvalue weighted by atomic mass is 10.0. The normalized spacial score (nSPS) is 22.6. The van der Waals surface area contributed by atoms with Crippen molar-refractivity contribution in [1.82, 2.24) is 16.0 Å². The van der Waals surface area contributed by atoms with Gasteiger partial charge in [0.1, 0.15) is 18.0 Å². The average Bonchev–Trinajstić information content (AvgIpc) is 2.64. The molecule has 0 aliphatic carbocycles. The van der Waals surface area contributed by atoms with Crippen LogP contribution in [0, 0.1) is 5.82 Å². The number of halogens is 2. The van der Waals surface area contributed by atoms with E-state index in [0.29, 0.717) is 10.6 Å². The fourth-order valence-electron chi connectivity index (χ4n) is 2.65. The highest BCUT2D eigenvalue weighted by molar-refractivity contribution is 6.30. The third-order valence-electron chi connectivity index (χ3n) is 4.08. The van der Waals surface area contributed by atoms with Gasteiger partial charge < -0.3 is 15.7 Å². The van der Waals surface area contributed by atoms with Crippen LogP contribution in [0.2, 0.25) is 5.02 Å². The van der Waals surface area contributed by atoms with Gasteiger partial charge in [-0.05, 0) is 35.4 Å². The Kier molecular flexibility index (Phi) is 5.51. The summed E-state index contributed by atoms with van der Waals surface area (Å²) < 4.78 is 13.1. The smallest absolute Gasteiger partial charge is 0.252 e. The van der Waals surface area contributed by atoms with Crippen molar-refractivity contribution < 1.29 is 19.1 Å². The molecule has 2 amide bonds. The number of hydrogen-bond acceptors (Lipinski definition) is 4. The number of amides is 2. The quantitative estimate of drug-likeness (QED) is 0.645. The SMILES string of the molecule is O=C1NC(c2ccc(F)cc2)NC(C(=O)NCc2ccc(Cl)cc2)C1O. The molecule has 3 atom stereocenters. The van der Waals surface area contributed by atoms with E-state index in [2.05, 4.69) is 16.0 Å². The molecule has 6 nitrogen and oxygen atoms in total. The summed E-state index contributed by atoms with van der Waals surface area (Å²) >= 11 is 5.82. The summed E-state index contributed by atoms with van der Waals surface area (Å²) in [7, 11) is 0. The number of carbonyl (C=O) groups is 2. The van der Waals surface area contributed by atoms with Crippen molar-refractivity contribution in [2.75, 3.05) is 0 Å². The highest BCUT2D eigenvalue weighted by Gasteiger charge is 2.39. The first-order chi connectivity index (χ1) is 12.4. The lowest BCUT2D eigenvalue weighted by Gasteiger charge is -2.34. The van der Waals surface area contributed by atoms with Gasteiger partial charge in [-0.25, -0.2) is 4.39 Å². The Bertz CT molecular complexity index is 798. The van der Waals surface area contributed by atoms with Gasteiger partial charge in [0.05, 0.1) is 0 Å². The second kappa shape index (κ2) is 7.82. The number of nitrogens with one attached hydrogen (secondary N) is 3. The van der Waals surface area contributed by atoms with Crippen LogP contribution in [0.25, 0.3) is 0 Å². The zero-order chi connectivity index (χ0) is 18.7. The van der Waals surface area contributed by atoms with E-state index in [1.165, 1.54) is 24.3 Å². The fraction of sp³-hybridized carbons (Fsp3) is 0.222. The number of aliphatic hydroxyl groups excluding tert-OH is 1. The molecule has 0 bridgehead atoms. The van der Waals surface area contributed by atoms with E-state index in [-0.39, 0.29) is 6.54 Å². The van der Waals surface area contributed by atoms with E-state index in [4.69, 9.17) is 11.6 Å². The van der Waals surface area contributed by atoms with Crippen LogP contribution in [-0.2, 0) is 16.1 Å². The molecule has 1 aliphatic rings. The predicted molar refractivity (Wildman–Crippen MR) is 93.5 cm³/mol. The third-order valence-corrected chi connectivity index (χ3v) is 4.33. The van der Waals surface area contributed by atoms with Gasteiger partial charge in [-0.1, -0.05) is 35.9 Å². The first-order valence-electron chi connectivity index (χ1n) is 7.96. The molecule has 26 heavy (non-hydrogen) atoms. The molecule has 3 unspecified atom stereocenters. The minimum atomic E-state index is -1.53. The predicted octanol–water partition coefficient (Wildman–Crippen LogP) is 1.24. The van der Waals surface area contributed by atoms with Crippen LogP contribution in [0.1, 0.15) is 17.3 Å². The summed E-state index contributed by atoms with van der Waals surface area (Å²) in [5.41, 5.74) is 1.40. The standard InChI is InChI=1S/C18H17ClFN3O3/c19-12-5-1-10(2-6-12)9-21-17(25)14-15(24)18(26)23-16(22-14)11-3-7-13(20)8-4-11/h1-8,14-16,22,24H,9H2,(H,21,25)(H,23,26). The molecule has 0 aromatic heterocycles. The molecule has 2 aromatic carbocycles.